The highest BCUT2D eigenvalue weighted by atomic mass is 19.1. The molecule has 0 spiro atoms. The average Bonchev–Trinajstić information content (AvgIpc) is 2.66. The van der Waals surface area contributed by atoms with Crippen LogP contribution in [0.25, 0.3) is 11.5 Å². The Bertz CT molecular complexity index is 485. The largest absolute Gasteiger partial charge is 0.388 e. The predicted molar refractivity (Wildman–Crippen MR) is 45.6 cm³/mol. The molecule has 0 saturated carbocycles. The Morgan fingerprint density at radius 2 is 2.13 bits per heavy atom. The van der Waals surface area contributed by atoms with Crippen LogP contribution >= 0.6 is 0 Å². The zero-order chi connectivity index (χ0) is 10.8. The van der Waals surface area contributed by atoms with E-state index < -0.39 is 18.2 Å². The van der Waals surface area contributed by atoms with Gasteiger partial charge in [0.15, 0.2) is 5.82 Å². The van der Waals surface area contributed by atoms with Gasteiger partial charge in [-0.1, -0.05) is 5.16 Å². The Hall–Kier alpha value is -1.82. The monoisotopic (exact) mass is 212 g/mol. The molecule has 0 fully saturated rings. The van der Waals surface area contributed by atoms with Gasteiger partial charge in [0.05, 0.1) is 5.56 Å². The molecule has 78 valence electrons. The Morgan fingerprint density at radius 3 is 2.73 bits per heavy atom. The number of halogens is 2. The van der Waals surface area contributed by atoms with Gasteiger partial charge in [-0.05, 0) is 12.1 Å². The number of aliphatic hydroxyl groups excluding tert-OH is 1. The summed E-state index contributed by atoms with van der Waals surface area (Å²) in [5, 5.41) is 12.1. The van der Waals surface area contributed by atoms with Crippen molar-refractivity contribution in [3.8, 4) is 11.5 Å². The second kappa shape index (κ2) is 3.74. The number of aliphatic hydroxyl groups is 1. The van der Waals surface area contributed by atoms with Crippen molar-refractivity contribution in [2.45, 2.75) is 6.61 Å². The van der Waals surface area contributed by atoms with Crippen LogP contribution in [-0.4, -0.2) is 15.2 Å². The molecule has 1 heterocycles. The summed E-state index contributed by atoms with van der Waals surface area (Å²) in [6.45, 7) is -0.397. The van der Waals surface area contributed by atoms with E-state index in [2.05, 4.69) is 14.7 Å². The van der Waals surface area contributed by atoms with E-state index in [0.717, 1.165) is 12.1 Å². The maximum absolute atomic E-state index is 13.2. The first-order valence-electron chi connectivity index (χ1n) is 4.09. The molecule has 4 nitrogen and oxygen atoms in total. The predicted octanol–water partition coefficient (Wildman–Crippen LogP) is 1.51. The molecular weight excluding hydrogens is 206 g/mol. The molecule has 1 N–H and O–H groups in total. The highest BCUT2D eigenvalue weighted by molar-refractivity contribution is 5.53. The van der Waals surface area contributed by atoms with Crippen LogP contribution in [0.15, 0.2) is 22.7 Å². The van der Waals surface area contributed by atoms with Crippen molar-refractivity contribution in [1.29, 1.82) is 0 Å². The van der Waals surface area contributed by atoms with Gasteiger partial charge in [-0.25, -0.2) is 8.78 Å². The van der Waals surface area contributed by atoms with Crippen molar-refractivity contribution in [1.82, 2.24) is 10.1 Å². The molecule has 15 heavy (non-hydrogen) atoms. The molecule has 1 aromatic heterocycles. The van der Waals surface area contributed by atoms with Crippen LogP contribution in [0.2, 0.25) is 0 Å². The number of benzene rings is 1. The maximum Gasteiger partial charge on any atom is 0.260 e. The third-order valence-electron chi connectivity index (χ3n) is 1.77. The number of hydrogen-bond acceptors (Lipinski definition) is 4. The van der Waals surface area contributed by atoms with Gasteiger partial charge in [-0.2, -0.15) is 4.98 Å². The van der Waals surface area contributed by atoms with E-state index in [1.165, 1.54) is 6.07 Å². The molecule has 0 saturated heterocycles. The summed E-state index contributed by atoms with van der Waals surface area (Å²) in [6.07, 6.45) is 0. The fourth-order valence-corrected chi connectivity index (χ4v) is 1.09. The van der Waals surface area contributed by atoms with E-state index in [1.54, 1.807) is 0 Å². The highest BCUT2D eigenvalue weighted by Gasteiger charge is 2.13. The van der Waals surface area contributed by atoms with E-state index in [0.29, 0.717) is 0 Å². The molecule has 6 heteroatoms. The second-order valence-electron chi connectivity index (χ2n) is 2.80. The van der Waals surface area contributed by atoms with E-state index in [1.807, 2.05) is 0 Å². The lowest BCUT2D eigenvalue weighted by atomic mass is 10.2. The lowest BCUT2D eigenvalue weighted by Gasteiger charge is -1.95. The molecule has 0 amide bonds. The molecule has 1 aromatic carbocycles. The van der Waals surface area contributed by atoms with Crippen LogP contribution in [0.4, 0.5) is 8.78 Å². The normalized spacial score (nSPS) is 10.6. The van der Waals surface area contributed by atoms with Crippen molar-refractivity contribution in [3.63, 3.8) is 0 Å². The third kappa shape index (κ3) is 1.84. The Kier molecular flexibility index (Phi) is 2.42. The van der Waals surface area contributed by atoms with Gasteiger partial charge in [0.2, 0.25) is 0 Å². The number of aromatic nitrogens is 2. The van der Waals surface area contributed by atoms with Gasteiger partial charge in [-0.3, -0.25) is 0 Å². The summed E-state index contributed by atoms with van der Waals surface area (Å²) in [7, 11) is 0. The fraction of sp³-hybridized carbons (Fsp3) is 0.111. The van der Waals surface area contributed by atoms with Gasteiger partial charge < -0.3 is 9.63 Å². The van der Waals surface area contributed by atoms with Crippen LogP contribution in [-0.2, 0) is 6.61 Å². The van der Waals surface area contributed by atoms with Crippen molar-refractivity contribution < 1.29 is 18.4 Å². The minimum absolute atomic E-state index is 0.00333. The zero-order valence-corrected chi connectivity index (χ0v) is 7.44. The average molecular weight is 212 g/mol. The molecule has 2 rings (SSSR count). The Labute approximate surface area is 83.2 Å². The van der Waals surface area contributed by atoms with Gasteiger partial charge >= 0.3 is 0 Å². The van der Waals surface area contributed by atoms with Crippen LogP contribution in [0.3, 0.4) is 0 Å². The standard InChI is InChI=1S/C9H6F2N2O2/c10-5-1-2-6(7(11)3-5)9-12-8(4-14)13-15-9/h1-3,14H,4H2. The molecule has 0 bridgehead atoms. The first-order chi connectivity index (χ1) is 7.20. The molecule has 0 radical (unpaired) electrons. The molecule has 0 unspecified atom stereocenters. The maximum atomic E-state index is 13.2. The fourth-order valence-electron chi connectivity index (χ4n) is 1.09. The lowest BCUT2D eigenvalue weighted by Crippen LogP contribution is -1.88. The minimum atomic E-state index is -0.789. The van der Waals surface area contributed by atoms with E-state index in [9.17, 15) is 8.78 Å². The van der Waals surface area contributed by atoms with Crippen LogP contribution in [0, 0.1) is 11.6 Å². The summed E-state index contributed by atoms with van der Waals surface area (Å²) < 4.78 is 30.5. The Balaban J connectivity index is 2.44. The lowest BCUT2D eigenvalue weighted by molar-refractivity contribution is 0.264. The van der Waals surface area contributed by atoms with E-state index in [-0.39, 0.29) is 17.3 Å². The van der Waals surface area contributed by atoms with E-state index >= 15 is 0 Å². The van der Waals surface area contributed by atoms with Gasteiger partial charge in [-0.15, -0.1) is 0 Å². The van der Waals surface area contributed by atoms with Crippen molar-refractivity contribution in [2.75, 3.05) is 0 Å². The minimum Gasteiger partial charge on any atom is -0.388 e. The van der Waals surface area contributed by atoms with Gasteiger partial charge in [0, 0.05) is 6.07 Å². The number of hydrogen-bond donors (Lipinski definition) is 1. The van der Waals surface area contributed by atoms with E-state index in [4.69, 9.17) is 5.11 Å². The summed E-state index contributed by atoms with van der Waals surface area (Å²) in [5.41, 5.74) is 0.00333. The molecule has 0 aliphatic heterocycles. The second-order valence-corrected chi connectivity index (χ2v) is 2.80. The van der Waals surface area contributed by atoms with Crippen molar-refractivity contribution >= 4 is 0 Å². The highest BCUT2D eigenvalue weighted by Crippen LogP contribution is 2.21. The number of rotatable bonds is 2. The summed E-state index contributed by atoms with van der Waals surface area (Å²) in [6, 6.07) is 3.00. The quantitative estimate of drug-likeness (QED) is 0.819. The van der Waals surface area contributed by atoms with Crippen LogP contribution in [0.5, 0.6) is 0 Å². The third-order valence-corrected chi connectivity index (χ3v) is 1.77. The summed E-state index contributed by atoms with van der Waals surface area (Å²) in [4.78, 5) is 3.70. The Morgan fingerprint density at radius 1 is 1.33 bits per heavy atom. The van der Waals surface area contributed by atoms with Crippen molar-refractivity contribution in [3.05, 3.63) is 35.7 Å². The van der Waals surface area contributed by atoms with Crippen LogP contribution < -0.4 is 0 Å². The van der Waals surface area contributed by atoms with Crippen LogP contribution in [0.1, 0.15) is 5.82 Å². The van der Waals surface area contributed by atoms with Gasteiger partial charge in [0.25, 0.3) is 5.89 Å². The summed E-state index contributed by atoms with van der Waals surface area (Å²) >= 11 is 0. The molecule has 2 aromatic rings. The summed E-state index contributed by atoms with van der Waals surface area (Å²) in [5.74, 6) is -1.51. The first-order valence-corrected chi connectivity index (χ1v) is 4.09. The molecule has 0 atom stereocenters. The molecule has 0 aliphatic carbocycles. The molecular formula is C9H6F2N2O2. The number of nitrogens with zero attached hydrogens (tertiary/aromatic N) is 2. The van der Waals surface area contributed by atoms with Gasteiger partial charge in [0.1, 0.15) is 18.2 Å². The first kappa shape index (κ1) is 9.72. The SMILES string of the molecule is OCc1noc(-c2ccc(F)cc2F)n1. The topological polar surface area (TPSA) is 59.2 Å². The molecule has 0 aliphatic rings. The van der Waals surface area contributed by atoms with Crippen molar-refractivity contribution in [2.24, 2.45) is 0 Å². The zero-order valence-electron chi connectivity index (χ0n) is 7.44. The smallest absolute Gasteiger partial charge is 0.260 e.